The lowest BCUT2D eigenvalue weighted by molar-refractivity contribution is -0.115. The minimum Gasteiger partial charge on any atom is -0.342 e. The van der Waals surface area contributed by atoms with Gasteiger partial charge in [0, 0.05) is 4.70 Å². The van der Waals surface area contributed by atoms with Crippen LogP contribution in [0.2, 0.25) is 0 Å². The molecule has 140 valence electrons. The van der Waals surface area contributed by atoms with E-state index in [9.17, 15) is 19.2 Å². The van der Waals surface area contributed by atoms with E-state index in [-0.39, 0.29) is 28.9 Å². The average Bonchev–Trinajstić information content (AvgIpc) is 3.13. The zero-order valence-corrected chi connectivity index (χ0v) is 15.2. The Morgan fingerprint density at radius 1 is 0.964 bits per heavy atom. The van der Waals surface area contributed by atoms with E-state index >= 15 is 0 Å². The third-order valence-corrected chi connectivity index (χ3v) is 5.27. The molecule has 0 aliphatic heterocycles. The van der Waals surface area contributed by atoms with Crippen LogP contribution in [0.25, 0.3) is 20.9 Å². The normalized spacial score (nSPS) is 10.9. The molecule has 2 amide bonds. The lowest BCUT2D eigenvalue weighted by Gasteiger charge is -2.08. The number of aromatic amines is 2. The summed E-state index contributed by atoms with van der Waals surface area (Å²) in [5.41, 5.74) is -0.797. The Morgan fingerprint density at radius 2 is 1.75 bits per heavy atom. The quantitative estimate of drug-likeness (QED) is 0.421. The molecule has 2 aromatic heterocycles. The molecule has 0 fully saturated rings. The standard InChI is InChI=1S/C19H14N4O4S/c24-15(9-20-18(26)14-8-10-4-1-2-7-13(10)28-14)21-12-6-3-5-11-16(12)19(27)23-22-17(11)25/h1-8H,9H2,(H,20,26)(H,21,24)(H,22,25)(H,23,27). The molecule has 0 aliphatic rings. The van der Waals surface area contributed by atoms with Crippen molar-refractivity contribution in [3.05, 3.63) is 74.1 Å². The number of H-pyrrole nitrogens is 2. The van der Waals surface area contributed by atoms with Crippen LogP contribution in [-0.2, 0) is 4.79 Å². The summed E-state index contributed by atoms with van der Waals surface area (Å²) in [5.74, 6) is -0.870. The number of benzene rings is 2. The number of anilines is 1. The average molecular weight is 394 g/mol. The van der Waals surface area contributed by atoms with E-state index in [1.165, 1.54) is 23.5 Å². The fraction of sp³-hybridized carbons (Fsp3) is 0.0526. The molecule has 4 aromatic rings. The molecule has 0 bridgehead atoms. The summed E-state index contributed by atoms with van der Waals surface area (Å²) in [7, 11) is 0. The predicted molar refractivity (Wildman–Crippen MR) is 108 cm³/mol. The van der Waals surface area contributed by atoms with Crippen molar-refractivity contribution in [1.82, 2.24) is 15.5 Å². The second kappa shape index (κ2) is 7.12. The zero-order chi connectivity index (χ0) is 19.7. The van der Waals surface area contributed by atoms with Crippen molar-refractivity contribution in [3.63, 3.8) is 0 Å². The van der Waals surface area contributed by atoms with E-state index in [1.807, 2.05) is 24.3 Å². The van der Waals surface area contributed by atoms with Crippen molar-refractivity contribution in [1.29, 1.82) is 0 Å². The summed E-state index contributed by atoms with van der Waals surface area (Å²) in [5, 5.41) is 10.8. The van der Waals surface area contributed by atoms with Crippen molar-refractivity contribution >= 4 is 49.7 Å². The van der Waals surface area contributed by atoms with Crippen LogP contribution in [0.3, 0.4) is 0 Å². The molecule has 4 N–H and O–H groups in total. The fourth-order valence-corrected chi connectivity index (χ4v) is 3.85. The van der Waals surface area contributed by atoms with Crippen LogP contribution in [0.5, 0.6) is 0 Å². The molecule has 0 aliphatic carbocycles. The van der Waals surface area contributed by atoms with Crippen molar-refractivity contribution < 1.29 is 9.59 Å². The summed E-state index contributed by atoms with van der Waals surface area (Å²) in [4.78, 5) is 48.9. The zero-order valence-electron chi connectivity index (χ0n) is 14.4. The van der Waals surface area contributed by atoms with E-state index in [2.05, 4.69) is 20.8 Å². The van der Waals surface area contributed by atoms with Crippen molar-refractivity contribution in [2.24, 2.45) is 0 Å². The van der Waals surface area contributed by atoms with Gasteiger partial charge in [-0.3, -0.25) is 29.4 Å². The van der Waals surface area contributed by atoms with Crippen molar-refractivity contribution in [2.75, 3.05) is 11.9 Å². The highest BCUT2D eigenvalue weighted by molar-refractivity contribution is 7.20. The van der Waals surface area contributed by atoms with Crippen LogP contribution in [0.1, 0.15) is 9.67 Å². The van der Waals surface area contributed by atoms with Gasteiger partial charge in [-0.1, -0.05) is 24.3 Å². The van der Waals surface area contributed by atoms with Crippen LogP contribution >= 0.6 is 11.3 Å². The Kier molecular flexibility index (Phi) is 4.50. The van der Waals surface area contributed by atoms with Gasteiger partial charge in [-0.25, -0.2) is 0 Å². The number of hydrogen-bond donors (Lipinski definition) is 4. The van der Waals surface area contributed by atoms with Crippen LogP contribution in [0.4, 0.5) is 5.69 Å². The van der Waals surface area contributed by atoms with E-state index in [0.29, 0.717) is 4.88 Å². The Morgan fingerprint density at radius 3 is 2.57 bits per heavy atom. The smallest absolute Gasteiger partial charge is 0.272 e. The van der Waals surface area contributed by atoms with Gasteiger partial charge in [-0.2, -0.15) is 0 Å². The Balaban J connectivity index is 1.48. The Bertz CT molecular complexity index is 1300. The highest BCUT2D eigenvalue weighted by Gasteiger charge is 2.14. The Hall–Kier alpha value is -3.72. The molecule has 2 aromatic carbocycles. The number of aromatic nitrogens is 2. The highest BCUT2D eigenvalue weighted by atomic mass is 32.1. The number of thiophene rings is 1. The predicted octanol–water partition coefficient (Wildman–Crippen LogP) is 1.80. The SMILES string of the molecule is O=C(CNC(=O)c1cc2ccccc2s1)Nc1cccc2c(=O)[nH][nH]c(=O)c12. The molecule has 0 unspecified atom stereocenters. The number of nitrogens with one attached hydrogen (secondary N) is 4. The summed E-state index contributed by atoms with van der Waals surface area (Å²) in [6.07, 6.45) is 0. The molecule has 28 heavy (non-hydrogen) atoms. The first-order valence-corrected chi connectivity index (χ1v) is 9.15. The molecule has 0 saturated carbocycles. The third-order valence-electron chi connectivity index (χ3n) is 4.16. The maximum atomic E-state index is 12.3. The van der Waals surface area contributed by atoms with E-state index in [1.54, 1.807) is 12.1 Å². The molecule has 0 saturated heterocycles. The van der Waals surface area contributed by atoms with Crippen molar-refractivity contribution in [2.45, 2.75) is 0 Å². The lowest BCUT2D eigenvalue weighted by atomic mass is 10.1. The van der Waals surface area contributed by atoms with Gasteiger partial charge in [-0.15, -0.1) is 11.3 Å². The van der Waals surface area contributed by atoms with Gasteiger partial charge in [-0.05, 0) is 29.7 Å². The topological polar surface area (TPSA) is 124 Å². The lowest BCUT2D eigenvalue weighted by Crippen LogP contribution is -2.32. The molecular weight excluding hydrogens is 380 g/mol. The summed E-state index contributed by atoms with van der Waals surface area (Å²) < 4.78 is 0.984. The second-order valence-electron chi connectivity index (χ2n) is 6.02. The molecule has 8 nitrogen and oxygen atoms in total. The summed E-state index contributed by atoms with van der Waals surface area (Å²) >= 11 is 1.34. The first-order chi connectivity index (χ1) is 13.5. The maximum Gasteiger partial charge on any atom is 0.272 e. The van der Waals surface area contributed by atoms with Gasteiger partial charge < -0.3 is 10.6 Å². The minimum absolute atomic E-state index is 0.0791. The van der Waals surface area contributed by atoms with Gasteiger partial charge in [0.2, 0.25) is 5.91 Å². The minimum atomic E-state index is -0.528. The molecular formula is C19H14N4O4S. The molecule has 0 spiro atoms. The van der Waals surface area contributed by atoms with Crippen LogP contribution in [0.15, 0.2) is 58.1 Å². The molecule has 9 heteroatoms. The number of carbonyl (C=O) groups is 2. The molecule has 0 atom stereocenters. The highest BCUT2D eigenvalue weighted by Crippen LogP contribution is 2.25. The van der Waals surface area contributed by atoms with Crippen molar-refractivity contribution in [3.8, 4) is 0 Å². The number of hydrogen-bond acceptors (Lipinski definition) is 5. The monoisotopic (exact) mass is 394 g/mol. The van der Waals surface area contributed by atoms with Gasteiger partial charge in [0.1, 0.15) is 0 Å². The largest absolute Gasteiger partial charge is 0.342 e. The van der Waals surface area contributed by atoms with E-state index in [0.717, 1.165) is 10.1 Å². The third kappa shape index (κ3) is 3.30. The number of amides is 2. The number of carbonyl (C=O) groups excluding carboxylic acids is 2. The Labute approximate surface area is 161 Å². The van der Waals surface area contributed by atoms with Crippen LogP contribution in [-0.4, -0.2) is 28.6 Å². The molecule has 0 radical (unpaired) electrons. The van der Waals surface area contributed by atoms with Gasteiger partial charge >= 0.3 is 0 Å². The number of rotatable bonds is 4. The summed E-state index contributed by atoms with van der Waals surface area (Å²) in [6, 6.07) is 13.9. The van der Waals surface area contributed by atoms with Gasteiger partial charge in [0.05, 0.1) is 27.9 Å². The van der Waals surface area contributed by atoms with Gasteiger partial charge in [0.15, 0.2) is 0 Å². The van der Waals surface area contributed by atoms with E-state index < -0.39 is 17.0 Å². The first-order valence-electron chi connectivity index (χ1n) is 8.33. The van der Waals surface area contributed by atoms with E-state index in [4.69, 9.17) is 0 Å². The first kappa shape index (κ1) is 17.7. The molecule has 2 heterocycles. The second-order valence-corrected chi connectivity index (χ2v) is 7.10. The summed E-state index contributed by atoms with van der Waals surface area (Å²) in [6.45, 7) is -0.273. The maximum absolute atomic E-state index is 12.3. The number of fused-ring (bicyclic) bond motifs is 2. The van der Waals surface area contributed by atoms with Crippen LogP contribution in [0, 0.1) is 0 Å². The molecule has 4 rings (SSSR count). The fourth-order valence-electron chi connectivity index (χ4n) is 2.87. The van der Waals surface area contributed by atoms with Crippen LogP contribution < -0.4 is 21.8 Å². The van der Waals surface area contributed by atoms with Gasteiger partial charge in [0.25, 0.3) is 17.0 Å².